The van der Waals surface area contributed by atoms with Gasteiger partial charge in [-0.1, -0.05) is 11.6 Å². The van der Waals surface area contributed by atoms with E-state index in [1.807, 2.05) is 19.2 Å². The Morgan fingerprint density at radius 2 is 2.12 bits per heavy atom. The first-order valence-electron chi connectivity index (χ1n) is 9.82. The molecule has 2 aliphatic rings. The van der Waals surface area contributed by atoms with Gasteiger partial charge in [-0.3, -0.25) is 19.8 Å². The van der Waals surface area contributed by atoms with Crippen molar-refractivity contribution in [2.24, 2.45) is 5.73 Å². The Hall–Kier alpha value is -2.80. The van der Waals surface area contributed by atoms with Crippen LogP contribution in [0.15, 0.2) is 51.1 Å². The molecule has 1 aliphatic heterocycles. The number of allylic oxidation sites excluding steroid dienone is 3. The zero-order chi connectivity index (χ0) is 23.2. The zero-order valence-corrected chi connectivity index (χ0v) is 19.7. The van der Waals surface area contributed by atoms with Gasteiger partial charge in [0.1, 0.15) is 11.5 Å². The highest BCUT2D eigenvalue weighted by Crippen LogP contribution is 2.50. The van der Waals surface area contributed by atoms with Gasteiger partial charge in [-0.05, 0) is 49.8 Å². The van der Waals surface area contributed by atoms with E-state index in [4.69, 9.17) is 17.3 Å². The highest BCUT2D eigenvalue weighted by Gasteiger charge is 2.42. The Kier molecular flexibility index (Phi) is 6.03. The molecule has 32 heavy (non-hydrogen) atoms. The predicted molar refractivity (Wildman–Crippen MR) is 127 cm³/mol. The first-order valence-corrected chi connectivity index (χ1v) is 12.2. The molecule has 2 N–H and O–H groups in total. The van der Waals surface area contributed by atoms with Crippen molar-refractivity contribution in [3.05, 3.63) is 72.5 Å². The number of carbonyl (C=O) groups is 1. The van der Waals surface area contributed by atoms with Gasteiger partial charge in [0.15, 0.2) is 5.78 Å². The fourth-order valence-electron chi connectivity index (χ4n) is 4.38. The van der Waals surface area contributed by atoms with Crippen LogP contribution in [-0.2, 0) is 4.79 Å². The fraction of sp³-hybridized carbons (Fsp3) is 0.273. The number of thioether (sulfide) groups is 1. The maximum Gasteiger partial charge on any atom is 0.294 e. The Morgan fingerprint density at radius 3 is 2.78 bits per heavy atom. The van der Waals surface area contributed by atoms with E-state index in [1.54, 1.807) is 23.1 Å². The number of carbonyl (C=O) groups excluding carboxylic acids is 1. The summed E-state index contributed by atoms with van der Waals surface area (Å²) in [6, 6.07) is 8.50. The summed E-state index contributed by atoms with van der Waals surface area (Å²) >= 11 is 9.18. The summed E-state index contributed by atoms with van der Waals surface area (Å²) in [7, 11) is 0. The van der Waals surface area contributed by atoms with Crippen LogP contribution in [-0.4, -0.2) is 17.0 Å². The monoisotopic (exact) mass is 486 g/mol. The normalized spacial score (nSPS) is 18.6. The molecule has 0 saturated carbocycles. The number of anilines is 1. The van der Waals surface area contributed by atoms with Crippen LogP contribution in [0.5, 0.6) is 0 Å². The van der Waals surface area contributed by atoms with Gasteiger partial charge >= 0.3 is 0 Å². The number of ketones is 1. The number of benzene rings is 1. The second-order valence-corrected chi connectivity index (χ2v) is 10.3. The maximum absolute atomic E-state index is 13.2. The average molecular weight is 487 g/mol. The number of hydrogen-bond acceptors (Lipinski definition) is 8. The van der Waals surface area contributed by atoms with Crippen molar-refractivity contribution in [2.75, 3.05) is 11.2 Å². The molecule has 164 valence electrons. The molecule has 7 nitrogen and oxygen atoms in total. The van der Waals surface area contributed by atoms with Crippen molar-refractivity contribution in [1.29, 1.82) is 5.26 Å². The minimum Gasteiger partial charge on any atom is -0.384 e. The number of nitrogens with two attached hydrogens (primary N) is 1. The number of nitriles is 1. The summed E-state index contributed by atoms with van der Waals surface area (Å²) in [5.74, 6) is -0.542. The third kappa shape index (κ3) is 3.58. The number of nitro groups is 1. The van der Waals surface area contributed by atoms with Crippen molar-refractivity contribution in [3.63, 3.8) is 0 Å². The second kappa shape index (κ2) is 8.62. The molecule has 0 spiro atoms. The average Bonchev–Trinajstić information content (AvgIpc) is 3.13. The quantitative estimate of drug-likeness (QED) is 0.337. The highest BCUT2D eigenvalue weighted by molar-refractivity contribution is 8.00. The number of thiophene rings is 1. The summed E-state index contributed by atoms with van der Waals surface area (Å²) in [4.78, 5) is 27.0. The van der Waals surface area contributed by atoms with Crippen LogP contribution in [0.3, 0.4) is 0 Å². The van der Waals surface area contributed by atoms with E-state index in [0.717, 1.165) is 14.6 Å². The summed E-state index contributed by atoms with van der Waals surface area (Å²) in [6.07, 6.45) is 3.45. The van der Waals surface area contributed by atoms with Crippen molar-refractivity contribution < 1.29 is 9.72 Å². The Bertz CT molecular complexity index is 1260. The van der Waals surface area contributed by atoms with Crippen LogP contribution in [0.2, 0.25) is 5.02 Å². The largest absolute Gasteiger partial charge is 0.384 e. The van der Waals surface area contributed by atoms with Crippen molar-refractivity contribution in [3.8, 4) is 6.07 Å². The summed E-state index contributed by atoms with van der Waals surface area (Å²) in [5, 5.41) is 22.1. The number of hydrogen-bond donors (Lipinski definition) is 1. The summed E-state index contributed by atoms with van der Waals surface area (Å²) in [5.41, 5.74) is 8.70. The molecular formula is C22H19ClN4O3S2. The number of nitro benzene ring substituents is 1. The highest BCUT2D eigenvalue weighted by atomic mass is 35.5. The molecule has 1 aromatic heterocycles. The lowest BCUT2D eigenvalue weighted by molar-refractivity contribution is -0.384. The SMILES string of the molecule is CSc1sc(C)cc1[C@@H]1C(C#N)=C(N)N(c2ccc(Cl)cc2[N+](=O)[O-])C2=C1C(=O)CCC2. The number of halogens is 1. The van der Waals surface area contributed by atoms with E-state index >= 15 is 0 Å². The lowest BCUT2D eigenvalue weighted by atomic mass is 9.76. The molecule has 1 atom stereocenters. The van der Waals surface area contributed by atoms with E-state index in [9.17, 15) is 20.2 Å². The Morgan fingerprint density at radius 1 is 1.38 bits per heavy atom. The molecule has 1 aliphatic carbocycles. The van der Waals surface area contributed by atoms with E-state index in [1.165, 1.54) is 23.1 Å². The number of aryl methyl sites for hydroxylation is 1. The van der Waals surface area contributed by atoms with Gasteiger partial charge in [0.05, 0.1) is 26.7 Å². The zero-order valence-electron chi connectivity index (χ0n) is 17.3. The van der Waals surface area contributed by atoms with Gasteiger partial charge in [-0.15, -0.1) is 23.1 Å². The van der Waals surface area contributed by atoms with E-state index in [2.05, 4.69) is 6.07 Å². The van der Waals surface area contributed by atoms with Crippen LogP contribution in [0.25, 0.3) is 0 Å². The molecule has 0 unspecified atom stereocenters. The van der Waals surface area contributed by atoms with E-state index in [-0.39, 0.29) is 33.6 Å². The molecule has 2 heterocycles. The predicted octanol–water partition coefficient (Wildman–Crippen LogP) is 5.64. The van der Waals surface area contributed by atoms with Crippen molar-refractivity contribution in [2.45, 2.75) is 36.3 Å². The fourth-order valence-corrected chi connectivity index (χ4v) is 6.46. The second-order valence-electron chi connectivity index (χ2n) is 7.51. The number of Topliss-reactive ketones (excluding diaryl/α,β-unsaturated/α-hetero) is 1. The van der Waals surface area contributed by atoms with Gasteiger partial charge in [0, 0.05) is 33.7 Å². The minimum absolute atomic E-state index is 0.0611. The van der Waals surface area contributed by atoms with Gasteiger partial charge < -0.3 is 5.73 Å². The van der Waals surface area contributed by atoms with Crippen molar-refractivity contribution >= 4 is 51.9 Å². The van der Waals surface area contributed by atoms with Gasteiger partial charge in [0.2, 0.25) is 0 Å². The van der Waals surface area contributed by atoms with Crippen LogP contribution in [0.4, 0.5) is 11.4 Å². The molecule has 2 aromatic rings. The van der Waals surface area contributed by atoms with Crippen LogP contribution >= 0.6 is 34.7 Å². The van der Waals surface area contributed by atoms with Gasteiger partial charge in [-0.25, -0.2) is 0 Å². The Labute approximate surface area is 198 Å². The molecule has 0 radical (unpaired) electrons. The number of nitrogens with zero attached hydrogens (tertiary/aromatic N) is 3. The molecule has 0 amide bonds. The molecule has 0 bridgehead atoms. The third-order valence-corrected chi connectivity index (χ3v) is 8.09. The van der Waals surface area contributed by atoms with Crippen LogP contribution in [0, 0.1) is 28.4 Å². The topological polar surface area (TPSA) is 113 Å². The van der Waals surface area contributed by atoms with Crippen molar-refractivity contribution in [1.82, 2.24) is 0 Å². The van der Waals surface area contributed by atoms with Crippen LogP contribution < -0.4 is 10.6 Å². The molecule has 0 saturated heterocycles. The smallest absolute Gasteiger partial charge is 0.294 e. The van der Waals surface area contributed by atoms with Crippen LogP contribution in [0.1, 0.15) is 35.6 Å². The first kappa shape index (κ1) is 22.4. The van der Waals surface area contributed by atoms with E-state index < -0.39 is 10.8 Å². The minimum atomic E-state index is -0.585. The van der Waals surface area contributed by atoms with Gasteiger partial charge in [-0.2, -0.15) is 5.26 Å². The third-order valence-electron chi connectivity index (χ3n) is 5.63. The molecule has 10 heteroatoms. The number of rotatable bonds is 4. The summed E-state index contributed by atoms with van der Waals surface area (Å²) < 4.78 is 1.02. The molecule has 1 aromatic carbocycles. The molecular weight excluding hydrogens is 468 g/mol. The first-order chi connectivity index (χ1) is 15.3. The standard InChI is InChI=1S/C22H19ClN4O3S2/c1-11-8-13(22(31-2)32-11)19-14(10-24)21(25)26(16-4-3-5-18(28)20(16)19)15-7-6-12(23)9-17(15)27(29)30/h6-9,19H,3-5,25H2,1-2H3/t19-/m1/s1. The lowest BCUT2D eigenvalue weighted by Gasteiger charge is -2.39. The van der Waals surface area contributed by atoms with Gasteiger partial charge in [0.25, 0.3) is 5.69 Å². The lowest BCUT2D eigenvalue weighted by Crippen LogP contribution is -2.39. The molecule has 4 rings (SSSR count). The summed E-state index contributed by atoms with van der Waals surface area (Å²) in [6.45, 7) is 1.98. The van der Waals surface area contributed by atoms with E-state index in [0.29, 0.717) is 30.5 Å². The molecule has 0 fully saturated rings. The maximum atomic E-state index is 13.2. The Balaban J connectivity index is 2.03.